The summed E-state index contributed by atoms with van der Waals surface area (Å²) in [5, 5.41) is 9.25. The maximum atomic E-state index is 9.25. The van der Waals surface area contributed by atoms with Crippen molar-refractivity contribution >= 4 is 0 Å². The minimum absolute atomic E-state index is 0.352. The highest BCUT2D eigenvalue weighted by Gasteiger charge is 2.00. The number of hydrogen-bond donors (Lipinski definition) is 1. The summed E-state index contributed by atoms with van der Waals surface area (Å²) < 4.78 is 0. The van der Waals surface area contributed by atoms with Gasteiger partial charge in [-0.1, -0.05) is 26.0 Å². The molecule has 13 heavy (non-hydrogen) atoms. The van der Waals surface area contributed by atoms with Crippen LogP contribution in [0, 0.1) is 0 Å². The van der Waals surface area contributed by atoms with E-state index in [1.807, 2.05) is 18.2 Å². The van der Waals surface area contributed by atoms with Crippen molar-refractivity contribution in [1.82, 2.24) is 4.90 Å². The lowest BCUT2D eigenvalue weighted by Crippen LogP contribution is -2.21. The van der Waals surface area contributed by atoms with E-state index in [2.05, 4.69) is 18.7 Å². The van der Waals surface area contributed by atoms with Crippen LogP contribution in [0.15, 0.2) is 24.3 Å². The zero-order chi connectivity index (χ0) is 9.68. The Balaban J connectivity index is 2.62. The highest BCUT2D eigenvalue weighted by molar-refractivity contribution is 5.26. The second-order valence-electron chi connectivity index (χ2n) is 3.13. The molecule has 1 N–H and O–H groups in total. The summed E-state index contributed by atoms with van der Waals surface area (Å²) in [4.78, 5) is 2.31. The molecule has 0 aliphatic heterocycles. The smallest absolute Gasteiger partial charge is 0.115 e. The second kappa shape index (κ2) is 4.87. The zero-order valence-corrected chi connectivity index (χ0v) is 8.33. The largest absolute Gasteiger partial charge is 0.508 e. The van der Waals surface area contributed by atoms with Gasteiger partial charge in [-0.15, -0.1) is 0 Å². The summed E-state index contributed by atoms with van der Waals surface area (Å²) in [5.41, 5.74) is 1.17. The van der Waals surface area contributed by atoms with E-state index in [1.54, 1.807) is 6.07 Å². The van der Waals surface area contributed by atoms with Crippen molar-refractivity contribution in [3.8, 4) is 5.75 Å². The van der Waals surface area contributed by atoms with Gasteiger partial charge in [0.25, 0.3) is 0 Å². The fourth-order valence-electron chi connectivity index (χ4n) is 1.36. The molecule has 0 saturated heterocycles. The average Bonchev–Trinajstić information content (AvgIpc) is 2.14. The molecule has 2 nitrogen and oxygen atoms in total. The number of phenolic OH excluding ortho intramolecular Hbond substituents is 1. The van der Waals surface area contributed by atoms with Gasteiger partial charge in [-0.3, -0.25) is 4.90 Å². The molecule has 0 heterocycles. The Morgan fingerprint density at radius 2 is 1.92 bits per heavy atom. The van der Waals surface area contributed by atoms with Gasteiger partial charge in [0.2, 0.25) is 0 Å². The normalized spacial score (nSPS) is 10.7. The van der Waals surface area contributed by atoms with E-state index in [9.17, 15) is 5.11 Å². The van der Waals surface area contributed by atoms with Crippen molar-refractivity contribution < 1.29 is 5.11 Å². The van der Waals surface area contributed by atoms with E-state index in [0.717, 1.165) is 19.6 Å². The summed E-state index contributed by atoms with van der Waals surface area (Å²) >= 11 is 0. The van der Waals surface area contributed by atoms with Crippen molar-refractivity contribution in [3.63, 3.8) is 0 Å². The minimum atomic E-state index is 0.352. The maximum absolute atomic E-state index is 9.25. The zero-order valence-electron chi connectivity index (χ0n) is 8.33. The molecular formula is C11H17NO. The molecule has 0 amide bonds. The molecule has 0 aliphatic rings. The van der Waals surface area contributed by atoms with Crippen LogP contribution in [0.25, 0.3) is 0 Å². The topological polar surface area (TPSA) is 23.5 Å². The first-order valence-electron chi connectivity index (χ1n) is 4.76. The average molecular weight is 179 g/mol. The van der Waals surface area contributed by atoms with Gasteiger partial charge in [-0.25, -0.2) is 0 Å². The summed E-state index contributed by atoms with van der Waals surface area (Å²) in [6.45, 7) is 7.30. The number of rotatable bonds is 4. The van der Waals surface area contributed by atoms with Crippen LogP contribution < -0.4 is 0 Å². The van der Waals surface area contributed by atoms with E-state index in [0.29, 0.717) is 5.75 Å². The number of phenols is 1. The van der Waals surface area contributed by atoms with Crippen LogP contribution in [0.2, 0.25) is 0 Å². The Labute approximate surface area is 79.8 Å². The number of hydrogen-bond acceptors (Lipinski definition) is 2. The van der Waals surface area contributed by atoms with Crippen molar-refractivity contribution in [2.24, 2.45) is 0 Å². The van der Waals surface area contributed by atoms with Crippen LogP contribution in [0.3, 0.4) is 0 Å². The first-order chi connectivity index (χ1) is 6.26. The molecule has 72 valence electrons. The van der Waals surface area contributed by atoms with E-state index in [4.69, 9.17) is 0 Å². The van der Waals surface area contributed by atoms with Gasteiger partial charge >= 0.3 is 0 Å². The molecule has 0 unspecified atom stereocenters. The summed E-state index contributed by atoms with van der Waals surface area (Å²) in [6, 6.07) is 7.44. The summed E-state index contributed by atoms with van der Waals surface area (Å²) in [6.07, 6.45) is 0. The van der Waals surface area contributed by atoms with E-state index in [1.165, 1.54) is 5.56 Å². The Bertz CT molecular complexity index is 256. The van der Waals surface area contributed by atoms with Crippen LogP contribution in [0.5, 0.6) is 5.75 Å². The van der Waals surface area contributed by atoms with Gasteiger partial charge < -0.3 is 5.11 Å². The Morgan fingerprint density at radius 3 is 2.46 bits per heavy atom. The van der Waals surface area contributed by atoms with Crippen LogP contribution in [0.4, 0.5) is 0 Å². The van der Waals surface area contributed by atoms with Gasteiger partial charge in [-0.05, 0) is 30.8 Å². The fourth-order valence-corrected chi connectivity index (χ4v) is 1.36. The highest BCUT2D eigenvalue weighted by atomic mass is 16.3. The maximum Gasteiger partial charge on any atom is 0.115 e. The first kappa shape index (κ1) is 10.1. The highest BCUT2D eigenvalue weighted by Crippen LogP contribution is 2.12. The third-order valence-corrected chi connectivity index (χ3v) is 2.21. The molecule has 0 atom stereocenters. The molecule has 0 spiro atoms. The second-order valence-corrected chi connectivity index (χ2v) is 3.13. The van der Waals surface area contributed by atoms with Crippen LogP contribution in [-0.2, 0) is 6.54 Å². The van der Waals surface area contributed by atoms with Crippen molar-refractivity contribution in [2.75, 3.05) is 13.1 Å². The van der Waals surface area contributed by atoms with Gasteiger partial charge in [0.1, 0.15) is 5.75 Å². The molecule has 1 aromatic carbocycles. The Hall–Kier alpha value is -1.02. The van der Waals surface area contributed by atoms with Gasteiger partial charge in [0.05, 0.1) is 0 Å². The molecule has 2 heteroatoms. The predicted molar refractivity (Wildman–Crippen MR) is 54.7 cm³/mol. The van der Waals surface area contributed by atoms with Gasteiger partial charge in [0.15, 0.2) is 0 Å². The molecule has 0 aromatic heterocycles. The molecule has 1 aromatic rings. The van der Waals surface area contributed by atoms with Crippen molar-refractivity contribution in [1.29, 1.82) is 0 Å². The lowest BCUT2D eigenvalue weighted by atomic mass is 10.2. The molecule has 0 aliphatic carbocycles. The van der Waals surface area contributed by atoms with Crippen molar-refractivity contribution in [3.05, 3.63) is 29.8 Å². The number of nitrogens with zero attached hydrogens (tertiary/aromatic N) is 1. The first-order valence-corrected chi connectivity index (χ1v) is 4.76. The summed E-state index contributed by atoms with van der Waals surface area (Å²) in [5.74, 6) is 0.352. The quantitative estimate of drug-likeness (QED) is 0.766. The third kappa shape index (κ3) is 3.07. The SMILES string of the molecule is CCN(CC)Cc1cccc(O)c1. The van der Waals surface area contributed by atoms with Crippen LogP contribution in [0.1, 0.15) is 19.4 Å². The van der Waals surface area contributed by atoms with Gasteiger partial charge in [-0.2, -0.15) is 0 Å². The summed E-state index contributed by atoms with van der Waals surface area (Å²) in [7, 11) is 0. The monoisotopic (exact) mass is 179 g/mol. The minimum Gasteiger partial charge on any atom is -0.508 e. The molecule has 0 bridgehead atoms. The lowest BCUT2D eigenvalue weighted by Gasteiger charge is -2.17. The number of aromatic hydroxyl groups is 1. The van der Waals surface area contributed by atoms with Crippen LogP contribution in [-0.4, -0.2) is 23.1 Å². The van der Waals surface area contributed by atoms with E-state index < -0.39 is 0 Å². The Morgan fingerprint density at radius 1 is 1.23 bits per heavy atom. The predicted octanol–water partition coefficient (Wildman–Crippen LogP) is 2.23. The molecule has 0 fully saturated rings. The van der Waals surface area contributed by atoms with Crippen molar-refractivity contribution in [2.45, 2.75) is 20.4 Å². The molecule has 0 saturated carbocycles. The third-order valence-electron chi connectivity index (χ3n) is 2.21. The molecule has 0 radical (unpaired) electrons. The molecular weight excluding hydrogens is 162 g/mol. The van der Waals surface area contributed by atoms with Crippen LogP contribution >= 0.6 is 0 Å². The fraction of sp³-hybridized carbons (Fsp3) is 0.455. The lowest BCUT2D eigenvalue weighted by molar-refractivity contribution is 0.295. The Kier molecular flexibility index (Phi) is 3.77. The molecule has 1 rings (SSSR count). The van der Waals surface area contributed by atoms with Gasteiger partial charge in [0, 0.05) is 6.54 Å². The standard InChI is InChI=1S/C11H17NO/c1-3-12(4-2)9-10-6-5-7-11(13)8-10/h5-8,13H,3-4,9H2,1-2H3. The van der Waals surface area contributed by atoms with E-state index >= 15 is 0 Å². The van der Waals surface area contributed by atoms with E-state index in [-0.39, 0.29) is 0 Å². The number of benzene rings is 1.